The second-order valence-electron chi connectivity index (χ2n) is 9.54. The maximum atomic E-state index is 13.3. The van der Waals surface area contributed by atoms with Crippen LogP contribution < -0.4 is 5.32 Å². The number of oxazole rings is 1. The van der Waals surface area contributed by atoms with Gasteiger partial charge in [0.05, 0.1) is 22.6 Å². The van der Waals surface area contributed by atoms with E-state index in [0.29, 0.717) is 30.4 Å². The SMILES string of the molecule is C=S(C)(=O)N1CCC(S(=O)(=O)C(C)(C)C(=O)Nc2cc(C(C)(C)c3cnc(C)o3)no2)CC1. The molecule has 0 radical (unpaired) electrons. The van der Waals surface area contributed by atoms with Crippen LogP contribution in [-0.2, 0) is 29.8 Å². The molecule has 33 heavy (non-hydrogen) atoms. The number of carbonyl (C=O) groups is 1. The Bertz CT molecular complexity index is 1230. The van der Waals surface area contributed by atoms with Crippen LogP contribution in [0.1, 0.15) is 57.9 Å². The zero-order valence-corrected chi connectivity index (χ0v) is 21.5. The summed E-state index contributed by atoms with van der Waals surface area (Å²) in [5.41, 5.74) is -0.173. The molecule has 1 atom stereocenters. The van der Waals surface area contributed by atoms with Gasteiger partial charge in [0.25, 0.3) is 0 Å². The molecular formula is C21H32N4O6S2. The molecule has 1 amide bonds. The number of hydrogen-bond donors (Lipinski definition) is 1. The Morgan fingerprint density at radius 1 is 1.21 bits per heavy atom. The maximum Gasteiger partial charge on any atom is 0.247 e. The number of amides is 1. The van der Waals surface area contributed by atoms with E-state index in [-0.39, 0.29) is 18.7 Å². The summed E-state index contributed by atoms with van der Waals surface area (Å²) < 4.78 is 49.6. The van der Waals surface area contributed by atoms with E-state index >= 15 is 0 Å². The van der Waals surface area contributed by atoms with Gasteiger partial charge in [-0.1, -0.05) is 5.16 Å². The van der Waals surface area contributed by atoms with Gasteiger partial charge < -0.3 is 8.94 Å². The molecule has 1 saturated heterocycles. The van der Waals surface area contributed by atoms with Crippen molar-refractivity contribution >= 4 is 37.2 Å². The van der Waals surface area contributed by atoms with Crippen LogP contribution in [0.2, 0.25) is 0 Å². The number of piperidine rings is 1. The number of carbonyl (C=O) groups excluding carboxylic acids is 1. The van der Waals surface area contributed by atoms with Crippen molar-refractivity contribution < 1.29 is 26.4 Å². The van der Waals surface area contributed by atoms with Gasteiger partial charge in [0.1, 0.15) is 10.5 Å². The van der Waals surface area contributed by atoms with Crippen molar-refractivity contribution in [1.82, 2.24) is 14.4 Å². The summed E-state index contributed by atoms with van der Waals surface area (Å²) >= 11 is 0. The fraction of sp³-hybridized carbons (Fsp3) is 0.619. The molecule has 10 nitrogen and oxygen atoms in total. The van der Waals surface area contributed by atoms with E-state index in [1.54, 1.807) is 23.5 Å². The molecule has 3 heterocycles. The van der Waals surface area contributed by atoms with E-state index in [1.165, 1.54) is 20.1 Å². The fourth-order valence-corrected chi connectivity index (χ4v) is 6.70. The second kappa shape index (κ2) is 8.55. The van der Waals surface area contributed by atoms with Gasteiger partial charge in [-0.05, 0) is 46.4 Å². The van der Waals surface area contributed by atoms with E-state index in [0.717, 1.165) is 0 Å². The predicted molar refractivity (Wildman–Crippen MR) is 127 cm³/mol. The molecule has 1 aliphatic rings. The third-order valence-corrected chi connectivity index (χ3v) is 10.7. The molecule has 3 rings (SSSR count). The van der Waals surface area contributed by atoms with Crippen molar-refractivity contribution in [2.75, 3.05) is 24.7 Å². The Labute approximate surface area is 195 Å². The molecule has 2 aromatic rings. The molecular weight excluding hydrogens is 468 g/mol. The summed E-state index contributed by atoms with van der Waals surface area (Å²) in [5, 5.41) is 5.86. The fourth-order valence-electron chi connectivity index (χ4n) is 3.74. The van der Waals surface area contributed by atoms with Crippen molar-refractivity contribution in [1.29, 1.82) is 0 Å². The number of rotatable bonds is 7. The summed E-state index contributed by atoms with van der Waals surface area (Å²) in [4.78, 5) is 17.1. The monoisotopic (exact) mass is 500 g/mol. The predicted octanol–water partition coefficient (Wildman–Crippen LogP) is 2.15. The molecule has 12 heteroatoms. The zero-order chi connectivity index (χ0) is 24.8. The number of sulfone groups is 1. The number of aromatic nitrogens is 2. The molecule has 0 spiro atoms. The van der Waals surface area contributed by atoms with Crippen molar-refractivity contribution in [2.45, 2.75) is 62.9 Å². The van der Waals surface area contributed by atoms with Crippen LogP contribution in [0.25, 0.3) is 0 Å². The lowest BCUT2D eigenvalue weighted by molar-refractivity contribution is -0.118. The highest BCUT2D eigenvalue weighted by atomic mass is 32.2. The van der Waals surface area contributed by atoms with E-state index in [9.17, 15) is 17.4 Å². The minimum atomic E-state index is -3.85. The van der Waals surface area contributed by atoms with Crippen molar-refractivity contribution in [2.24, 2.45) is 0 Å². The van der Waals surface area contributed by atoms with Crippen LogP contribution in [0, 0.1) is 6.92 Å². The largest absolute Gasteiger partial charge is 0.445 e. The molecule has 0 aliphatic carbocycles. The molecule has 0 aromatic carbocycles. The third kappa shape index (κ3) is 4.87. The molecule has 0 saturated carbocycles. The van der Waals surface area contributed by atoms with Crippen LogP contribution in [0.15, 0.2) is 21.2 Å². The highest BCUT2D eigenvalue weighted by molar-refractivity contribution is 7.97. The van der Waals surface area contributed by atoms with Crippen molar-refractivity contribution in [3.63, 3.8) is 0 Å². The summed E-state index contributed by atoms with van der Waals surface area (Å²) in [5.74, 6) is 4.09. The van der Waals surface area contributed by atoms with E-state index in [1.807, 2.05) is 13.8 Å². The number of aryl methyl sites for hydroxylation is 1. The summed E-state index contributed by atoms with van der Waals surface area (Å²) in [6.45, 7) is 8.94. The Morgan fingerprint density at radius 2 is 1.82 bits per heavy atom. The number of nitrogens with one attached hydrogen (secondary N) is 1. The quantitative estimate of drug-likeness (QED) is 0.571. The van der Waals surface area contributed by atoms with Crippen LogP contribution in [0.3, 0.4) is 0 Å². The van der Waals surface area contributed by atoms with Crippen molar-refractivity contribution in [3.8, 4) is 0 Å². The van der Waals surface area contributed by atoms with E-state index in [4.69, 9.17) is 8.94 Å². The Hall–Kier alpha value is -2.18. The number of anilines is 1. The van der Waals surface area contributed by atoms with Gasteiger partial charge in [0.2, 0.25) is 11.8 Å². The molecule has 1 unspecified atom stereocenters. The Morgan fingerprint density at radius 3 is 2.33 bits per heavy atom. The van der Waals surface area contributed by atoms with Crippen LogP contribution >= 0.6 is 0 Å². The lowest BCUT2D eigenvalue weighted by Crippen LogP contribution is -2.52. The van der Waals surface area contributed by atoms with Gasteiger partial charge >= 0.3 is 0 Å². The average molecular weight is 501 g/mol. The minimum absolute atomic E-state index is 0.0418. The van der Waals surface area contributed by atoms with Crippen LogP contribution in [0.4, 0.5) is 5.88 Å². The topological polar surface area (TPSA) is 136 Å². The van der Waals surface area contributed by atoms with Gasteiger partial charge in [0.15, 0.2) is 15.7 Å². The minimum Gasteiger partial charge on any atom is -0.445 e. The van der Waals surface area contributed by atoms with E-state index < -0.39 is 40.9 Å². The highest BCUT2D eigenvalue weighted by Gasteiger charge is 2.47. The van der Waals surface area contributed by atoms with Gasteiger partial charge in [-0.2, -0.15) is 0 Å². The first kappa shape index (κ1) is 25.4. The standard InChI is InChI=1S/C21H32N4O6S2/c1-14-22-13-17(30-14)20(2,3)16-12-18(31-24-16)23-19(26)21(4,5)33(28,29)15-8-10-25(11-9-15)32(6,7)27/h12-13,15H,6,8-11H2,1-5,7H3,(H,23,26). The lowest BCUT2D eigenvalue weighted by atomic mass is 9.87. The molecule has 1 N–H and O–H groups in total. The third-order valence-electron chi connectivity index (χ3n) is 6.27. The molecule has 0 bridgehead atoms. The summed E-state index contributed by atoms with van der Waals surface area (Å²) in [7, 11) is -6.24. The summed E-state index contributed by atoms with van der Waals surface area (Å²) in [6, 6.07) is 1.54. The van der Waals surface area contributed by atoms with Gasteiger partial charge in [-0.15, -0.1) is 0 Å². The highest BCUT2D eigenvalue weighted by Crippen LogP contribution is 2.34. The number of hydrogen-bond acceptors (Lipinski definition) is 8. The van der Waals surface area contributed by atoms with Crippen LogP contribution in [-0.4, -0.2) is 68.2 Å². The maximum absolute atomic E-state index is 13.3. The molecule has 1 aliphatic heterocycles. The van der Waals surface area contributed by atoms with Crippen LogP contribution in [0.5, 0.6) is 0 Å². The van der Waals surface area contributed by atoms with E-state index in [2.05, 4.69) is 21.3 Å². The lowest BCUT2D eigenvalue weighted by Gasteiger charge is -2.35. The van der Waals surface area contributed by atoms with Crippen molar-refractivity contribution in [3.05, 3.63) is 29.6 Å². The first-order valence-electron chi connectivity index (χ1n) is 10.6. The molecule has 1 fully saturated rings. The second-order valence-corrected chi connectivity index (χ2v) is 14.8. The van der Waals surface area contributed by atoms with Gasteiger partial charge in [-0.25, -0.2) is 17.7 Å². The summed E-state index contributed by atoms with van der Waals surface area (Å²) in [6.07, 6.45) is 3.72. The zero-order valence-electron chi connectivity index (χ0n) is 19.9. The van der Waals surface area contributed by atoms with Gasteiger partial charge in [-0.3, -0.25) is 14.3 Å². The average Bonchev–Trinajstić information content (AvgIpc) is 3.37. The number of nitrogens with zero attached hydrogens (tertiary/aromatic N) is 3. The molecule has 2 aromatic heterocycles. The first-order chi connectivity index (χ1) is 15.1. The Kier molecular flexibility index (Phi) is 6.59. The normalized spacial score (nSPS) is 18.7. The first-order valence-corrected chi connectivity index (χ1v) is 14.2. The van der Waals surface area contributed by atoms with Gasteiger partial charge in [0, 0.05) is 42.0 Å². The smallest absolute Gasteiger partial charge is 0.247 e. The molecule has 184 valence electrons. The Balaban J connectivity index is 1.73.